The van der Waals surface area contributed by atoms with Gasteiger partial charge in [-0.2, -0.15) is 0 Å². The number of benzene rings is 3. The molecule has 186 valence electrons. The number of aryl methyl sites for hydroxylation is 3. The molecule has 0 fully saturated rings. The van der Waals surface area contributed by atoms with Crippen molar-refractivity contribution in [1.29, 1.82) is 0 Å². The van der Waals surface area contributed by atoms with Crippen molar-refractivity contribution >= 4 is 23.1 Å². The molecule has 0 aliphatic rings. The largest absolute Gasteiger partial charge is 0.348 e. The quantitative estimate of drug-likeness (QED) is 0.259. The smallest absolute Gasteiger partial charge is 0.255 e. The van der Waals surface area contributed by atoms with Crippen molar-refractivity contribution < 1.29 is 4.79 Å². The van der Waals surface area contributed by atoms with Crippen molar-refractivity contribution in [2.45, 2.75) is 33.9 Å². The lowest BCUT2D eigenvalue weighted by Crippen LogP contribution is -2.23. The van der Waals surface area contributed by atoms with Gasteiger partial charge in [-0.05, 0) is 61.2 Å². The van der Waals surface area contributed by atoms with Crippen molar-refractivity contribution in [3.63, 3.8) is 0 Å². The van der Waals surface area contributed by atoms with Crippen LogP contribution in [0.1, 0.15) is 38.2 Å². The third-order valence-electron chi connectivity index (χ3n) is 6.59. The van der Waals surface area contributed by atoms with Crippen LogP contribution in [0.4, 0.5) is 11.5 Å². The van der Waals surface area contributed by atoms with Crippen LogP contribution >= 0.6 is 0 Å². The number of nitrogens with one attached hydrogen (secondary N) is 2. The number of carbonyl (C=O) groups excluding carboxylic acids is 1. The maximum atomic E-state index is 13.4. The van der Waals surface area contributed by atoms with Gasteiger partial charge in [0, 0.05) is 30.5 Å². The number of pyridine rings is 1. The highest BCUT2D eigenvalue weighted by atomic mass is 16.1. The average Bonchev–Trinajstić information content (AvgIpc) is 3.28. The number of amides is 1. The third-order valence-corrected chi connectivity index (χ3v) is 6.59. The maximum Gasteiger partial charge on any atom is 0.255 e. The van der Waals surface area contributed by atoms with Crippen molar-refractivity contribution in [1.82, 2.24) is 14.7 Å². The number of hydrogen-bond acceptors (Lipinski definition) is 4. The monoisotopic (exact) mass is 489 g/mol. The molecule has 0 saturated heterocycles. The van der Waals surface area contributed by atoms with Crippen LogP contribution in [-0.4, -0.2) is 15.3 Å². The molecule has 1 amide bonds. The van der Waals surface area contributed by atoms with Gasteiger partial charge in [0.15, 0.2) is 5.65 Å². The number of para-hydroxylation sites is 1. The highest BCUT2D eigenvalue weighted by Crippen LogP contribution is 2.34. The summed E-state index contributed by atoms with van der Waals surface area (Å²) in [5.41, 5.74) is 15.2. The number of fused-ring (bicyclic) bond motifs is 1. The molecular weight excluding hydrogens is 458 g/mol. The fraction of sp³-hybridized carbons (Fsp3) is 0.161. The van der Waals surface area contributed by atoms with Crippen LogP contribution in [0.25, 0.3) is 16.9 Å². The first-order chi connectivity index (χ1) is 17.9. The number of nitrogens with two attached hydrogens (primary N) is 1. The number of rotatable bonds is 7. The second kappa shape index (κ2) is 10.3. The minimum Gasteiger partial charge on any atom is -0.348 e. The van der Waals surface area contributed by atoms with Crippen LogP contribution in [-0.2, 0) is 13.1 Å². The van der Waals surface area contributed by atoms with Crippen molar-refractivity contribution in [3.05, 3.63) is 118 Å². The van der Waals surface area contributed by atoms with E-state index in [-0.39, 0.29) is 5.91 Å². The van der Waals surface area contributed by atoms with Gasteiger partial charge in [-0.15, -0.1) is 0 Å². The first-order valence-electron chi connectivity index (χ1n) is 12.4. The first kappa shape index (κ1) is 24.3. The van der Waals surface area contributed by atoms with E-state index in [0.717, 1.165) is 50.6 Å². The van der Waals surface area contributed by atoms with Gasteiger partial charge in [0.05, 0.1) is 5.56 Å². The Morgan fingerprint density at radius 2 is 1.62 bits per heavy atom. The fourth-order valence-electron chi connectivity index (χ4n) is 4.63. The van der Waals surface area contributed by atoms with Gasteiger partial charge in [0.2, 0.25) is 0 Å². The molecule has 0 spiro atoms. The number of carbonyl (C=O) groups is 1. The second-order valence-electron chi connectivity index (χ2n) is 9.39. The van der Waals surface area contributed by atoms with Crippen molar-refractivity contribution in [2.24, 2.45) is 5.73 Å². The molecule has 0 saturated carbocycles. The Hall–Kier alpha value is -4.42. The summed E-state index contributed by atoms with van der Waals surface area (Å²) in [6.07, 6.45) is 1.94. The van der Waals surface area contributed by atoms with E-state index >= 15 is 0 Å². The van der Waals surface area contributed by atoms with Crippen molar-refractivity contribution in [2.75, 3.05) is 5.32 Å². The van der Waals surface area contributed by atoms with Gasteiger partial charge in [-0.25, -0.2) is 4.98 Å². The zero-order chi connectivity index (χ0) is 25.9. The van der Waals surface area contributed by atoms with E-state index < -0.39 is 0 Å². The summed E-state index contributed by atoms with van der Waals surface area (Å²) in [6, 6.07) is 26.1. The molecule has 0 atom stereocenters. The van der Waals surface area contributed by atoms with Gasteiger partial charge in [-0.1, -0.05) is 66.2 Å². The predicted molar refractivity (Wildman–Crippen MR) is 150 cm³/mol. The molecule has 3 aromatic carbocycles. The Bertz CT molecular complexity index is 1580. The topological polar surface area (TPSA) is 84.5 Å². The third kappa shape index (κ3) is 4.97. The normalized spacial score (nSPS) is 11.0. The zero-order valence-electron chi connectivity index (χ0n) is 21.4. The molecule has 4 N–H and O–H groups in total. The molecular formula is C31H31N5O. The Labute approximate surface area is 217 Å². The summed E-state index contributed by atoms with van der Waals surface area (Å²) in [5, 5.41) is 6.69. The average molecular weight is 490 g/mol. The van der Waals surface area contributed by atoms with E-state index in [1.165, 1.54) is 0 Å². The van der Waals surface area contributed by atoms with Crippen LogP contribution in [0.3, 0.4) is 0 Å². The molecule has 2 aromatic heterocycles. The molecule has 6 heteroatoms. The van der Waals surface area contributed by atoms with Crippen LogP contribution < -0.4 is 16.4 Å². The van der Waals surface area contributed by atoms with Gasteiger partial charge in [-0.3, -0.25) is 9.20 Å². The lowest BCUT2D eigenvalue weighted by molar-refractivity contribution is 0.0952. The number of nitrogens with zero attached hydrogens (tertiary/aromatic N) is 2. The number of imidazole rings is 1. The molecule has 5 aromatic rings. The fourth-order valence-corrected chi connectivity index (χ4v) is 4.63. The summed E-state index contributed by atoms with van der Waals surface area (Å²) >= 11 is 0. The second-order valence-corrected chi connectivity index (χ2v) is 9.39. The van der Waals surface area contributed by atoms with Gasteiger partial charge in [0.25, 0.3) is 5.91 Å². The summed E-state index contributed by atoms with van der Waals surface area (Å²) < 4.78 is 1.97. The van der Waals surface area contributed by atoms with E-state index in [1.807, 2.05) is 53.1 Å². The molecule has 0 aliphatic carbocycles. The lowest BCUT2D eigenvalue weighted by Gasteiger charge is -2.14. The summed E-state index contributed by atoms with van der Waals surface area (Å²) in [6.45, 7) is 7.11. The number of aromatic nitrogens is 2. The Morgan fingerprint density at radius 3 is 2.38 bits per heavy atom. The molecule has 2 heterocycles. The van der Waals surface area contributed by atoms with Gasteiger partial charge >= 0.3 is 0 Å². The minimum atomic E-state index is -0.178. The highest BCUT2D eigenvalue weighted by Gasteiger charge is 2.20. The van der Waals surface area contributed by atoms with Crippen LogP contribution in [0.2, 0.25) is 0 Å². The van der Waals surface area contributed by atoms with E-state index in [2.05, 4.69) is 67.8 Å². The minimum absolute atomic E-state index is 0.178. The number of anilines is 2. The standard InChI is InChI=1S/C31H31N5O/c1-20-8-4-13-25(16-20)28-30(34-27-21(2)9-5-10-22(27)3)36-15-7-14-26(29(36)35-28)31(37)33-19-24-12-6-11-23(17-24)18-32/h4-17,34H,18-19,32H2,1-3H3,(H,33,37). The Kier molecular flexibility index (Phi) is 6.75. The lowest BCUT2D eigenvalue weighted by atomic mass is 10.1. The molecule has 0 radical (unpaired) electrons. The Balaban J connectivity index is 1.58. The number of hydrogen-bond donors (Lipinski definition) is 3. The molecule has 0 bridgehead atoms. The maximum absolute atomic E-state index is 13.4. The summed E-state index contributed by atoms with van der Waals surface area (Å²) in [5.74, 6) is 0.645. The summed E-state index contributed by atoms with van der Waals surface area (Å²) in [7, 11) is 0. The van der Waals surface area contributed by atoms with Crippen LogP contribution in [0.15, 0.2) is 85.1 Å². The molecule has 0 aliphatic heterocycles. The van der Waals surface area contributed by atoms with Crippen molar-refractivity contribution in [3.8, 4) is 11.3 Å². The van der Waals surface area contributed by atoms with Crippen LogP contribution in [0.5, 0.6) is 0 Å². The highest BCUT2D eigenvalue weighted by molar-refractivity contribution is 6.01. The van der Waals surface area contributed by atoms with E-state index in [9.17, 15) is 4.79 Å². The molecule has 6 nitrogen and oxygen atoms in total. The zero-order valence-corrected chi connectivity index (χ0v) is 21.4. The van der Waals surface area contributed by atoms with Gasteiger partial charge < -0.3 is 16.4 Å². The predicted octanol–water partition coefficient (Wildman–Crippen LogP) is 6.06. The SMILES string of the molecule is Cc1cccc(-c2nc3c(C(=O)NCc4cccc(CN)c4)cccn3c2Nc2c(C)cccc2C)c1. The molecule has 0 unspecified atom stereocenters. The van der Waals surface area contributed by atoms with E-state index in [4.69, 9.17) is 10.7 Å². The molecule has 37 heavy (non-hydrogen) atoms. The molecule has 5 rings (SSSR count). The Morgan fingerprint density at radius 1 is 0.892 bits per heavy atom. The van der Waals surface area contributed by atoms with E-state index in [0.29, 0.717) is 24.3 Å². The summed E-state index contributed by atoms with van der Waals surface area (Å²) in [4.78, 5) is 18.4. The van der Waals surface area contributed by atoms with Gasteiger partial charge in [0.1, 0.15) is 11.5 Å². The van der Waals surface area contributed by atoms with E-state index in [1.54, 1.807) is 0 Å². The van der Waals surface area contributed by atoms with Crippen LogP contribution in [0, 0.1) is 20.8 Å². The first-order valence-corrected chi connectivity index (χ1v) is 12.4.